The Morgan fingerprint density at radius 3 is 2.85 bits per heavy atom. The second kappa shape index (κ2) is 4.77. The summed E-state index contributed by atoms with van der Waals surface area (Å²) < 4.78 is 0. The zero-order chi connectivity index (χ0) is 9.68. The predicted molar refractivity (Wildman–Crippen MR) is 54.4 cm³/mol. The van der Waals surface area contributed by atoms with Gasteiger partial charge in [-0.3, -0.25) is 4.98 Å². The van der Waals surface area contributed by atoms with Crippen molar-refractivity contribution in [1.82, 2.24) is 4.98 Å². The fourth-order valence-electron chi connectivity index (χ4n) is 1.17. The van der Waals surface area contributed by atoms with E-state index in [2.05, 4.69) is 11.1 Å². The minimum absolute atomic E-state index is 0.196. The van der Waals surface area contributed by atoms with Crippen LogP contribution in [0.3, 0.4) is 0 Å². The molecule has 1 aromatic rings. The molecule has 0 aliphatic carbocycles. The Bertz CT molecular complexity index is 305. The molecule has 0 aliphatic heterocycles. The van der Waals surface area contributed by atoms with Gasteiger partial charge in [0, 0.05) is 12.8 Å². The van der Waals surface area contributed by atoms with Crippen molar-refractivity contribution in [2.45, 2.75) is 20.3 Å². The molecule has 0 atom stereocenters. The van der Waals surface area contributed by atoms with Gasteiger partial charge in [0.15, 0.2) is 0 Å². The lowest BCUT2D eigenvalue weighted by molar-refractivity contribution is 0.303. The lowest BCUT2D eigenvalue weighted by Gasteiger charge is -1.99. The van der Waals surface area contributed by atoms with Gasteiger partial charge in [0.05, 0.1) is 5.69 Å². The van der Waals surface area contributed by atoms with E-state index in [1.807, 2.05) is 32.2 Å². The maximum atomic E-state index is 8.59. The Hall–Kier alpha value is -1.15. The number of aryl methyl sites for hydroxylation is 2. The van der Waals surface area contributed by atoms with Crippen molar-refractivity contribution in [3.05, 3.63) is 35.2 Å². The Balaban J connectivity index is 2.77. The third kappa shape index (κ3) is 2.99. The Morgan fingerprint density at radius 1 is 1.46 bits per heavy atom. The number of aromatic nitrogens is 1. The number of hydrogen-bond acceptors (Lipinski definition) is 2. The Kier molecular flexibility index (Phi) is 3.65. The van der Waals surface area contributed by atoms with Crippen molar-refractivity contribution in [2.24, 2.45) is 0 Å². The Morgan fingerprint density at radius 2 is 2.23 bits per heavy atom. The van der Waals surface area contributed by atoms with E-state index in [0.717, 1.165) is 5.69 Å². The van der Waals surface area contributed by atoms with Crippen LogP contribution in [0.4, 0.5) is 0 Å². The highest BCUT2D eigenvalue weighted by atomic mass is 16.2. The van der Waals surface area contributed by atoms with Crippen LogP contribution in [0, 0.1) is 13.8 Å². The Labute approximate surface area is 78.9 Å². The average molecular weight is 177 g/mol. The SMILES string of the molecule is Cc1cnc(C=CCCO)c(C)c1. The van der Waals surface area contributed by atoms with Gasteiger partial charge in [0.1, 0.15) is 0 Å². The van der Waals surface area contributed by atoms with Crippen LogP contribution in [0.5, 0.6) is 0 Å². The first-order chi connectivity index (χ1) is 6.24. The van der Waals surface area contributed by atoms with E-state index in [9.17, 15) is 0 Å². The molecule has 0 aromatic carbocycles. The molecule has 1 aromatic heterocycles. The van der Waals surface area contributed by atoms with Gasteiger partial charge in [-0.15, -0.1) is 0 Å². The molecule has 13 heavy (non-hydrogen) atoms. The van der Waals surface area contributed by atoms with Crippen LogP contribution in [-0.2, 0) is 0 Å². The van der Waals surface area contributed by atoms with Gasteiger partial charge in [-0.1, -0.05) is 12.1 Å². The van der Waals surface area contributed by atoms with Gasteiger partial charge >= 0.3 is 0 Å². The lowest BCUT2D eigenvalue weighted by Crippen LogP contribution is -1.87. The molecule has 0 fully saturated rings. The summed E-state index contributed by atoms with van der Waals surface area (Å²) in [5.41, 5.74) is 3.34. The fraction of sp³-hybridized carbons (Fsp3) is 0.364. The topological polar surface area (TPSA) is 33.1 Å². The van der Waals surface area contributed by atoms with E-state index in [1.165, 1.54) is 11.1 Å². The van der Waals surface area contributed by atoms with Crippen molar-refractivity contribution >= 4 is 6.08 Å². The minimum atomic E-state index is 0.196. The van der Waals surface area contributed by atoms with E-state index in [4.69, 9.17) is 5.11 Å². The van der Waals surface area contributed by atoms with Crippen LogP contribution >= 0.6 is 0 Å². The standard InChI is InChI=1S/C11H15NO/c1-9-7-10(2)11(12-8-9)5-3-4-6-13/h3,5,7-8,13H,4,6H2,1-2H3. The maximum absolute atomic E-state index is 8.59. The summed E-state index contributed by atoms with van der Waals surface area (Å²) >= 11 is 0. The van der Waals surface area contributed by atoms with Gasteiger partial charge in [-0.25, -0.2) is 0 Å². The number of pyridine rings is 1. The van der Waals surface area contributed by atoms with Gasteiger partial charge in [-0.2, -0.15) is 0 Å². The van der Waals surface area contributed by atoms with E-state index < -0.39 is 0 Å². The summed E-state index contributed by atoms with van der Waals surface area (Å²) in [5, 5.41) is 8.59. The van der Waals surface area contributed by atoms with Crippen LogP contribution in [0.2, 0.25) is 0 Å². The fourth-order valence-corrected chi connectivity index (χ4v) is 1.17. The van der Waals surface area contributed by atoms with Crippen molar-refractivity contribution in [2.75, 3.05) is 6.61 Å². The molecule has 0 amide bonds. The minimum Gasteiger partial charge on any atom is -0.396 e. The molecule has 0 radical (unpaired) electrons. The molecule has 0 saturated carbocycles. The normalized spacial score (nSPS) is 11.0. The highest BCUT2D eigenvalue weighted by molar-refractivity contribution is 5.49. The van der Waals surface area contributed by atoms with Gasteiger partial charge in [0.25, 0.3) is 0 Å². The summed E-state index contributed by atoms with van der Waals surface area (Å²) in [7, 11) is 0. The molecule has 1 rings (SSSR count). The number of aliphatic hydroxyl groups excluding tert-OH is 1. The smallest absolute Gasteiger partial charge is 0.0655 e. The molecular formula is C11H15NO. The number of aliphatic hydroxyl groups is 1. The first-order valence-electron chi connectivity index (χ1n) is 4.44. The van der Waals surface area contributed by atoms with Crippen molar-refractivity contribution in [3.8, 4) is 0 Å². The summed E-state index contributed by atoms with van der Waals surface area (Å²) in [6.07, 6.45) is 6.43. The quantitative estimate of drug-likeness (QED) is 0.767. The number of nitrogens with zero attached hydrogens (tertiary/aromatic N) is 1. The van der Waals surface area contributed by atoms with Crippen LogP contribution in [-0.4, -0.2) is 16.7 Å². The first kappa shape index (κ1) is 9.93. The third-order valence-electron chi connectivity index (χ3n) is 1.83. The number of hydrogen-bond donors (Lipinski definition) is 1. The first-order valence-corrected chi connectivity index (χ1v) is 4.44. The second-order valence-corrected chi connectivity index (χ2v) is 3.13. The number of rotatable bonds is 3. The molecule has 2 nitrogen and oxygen atoms in total. The zero-order valence-electron chi connectivity index (χ0n) is 8.12. The van der Waals surface area contributed by atoms with Crippen LogP contribution in [0.15, 0.2) is 18.3 Å². The zero-order valence-corrected chi connectivity index (χ0v) is 8.12. The molecule has 0 spiro atoms. The van der Waals surface area contributed by atoms with E-state index in [1.54, 1.807) is 0 Å². The van der Waals surface area contributed by atoms with Gasteiger partial charge < -0.3 is 5.11 Å². The molecule has 1 heterocycles. The van der Waals surface area contributed by atoms with Gasteiger partial charge in [-0.05, 0) is 37.5 Å². The average Bonchev–Trinajstić information content (AvgIpc) is 2.09. The maximum Gasteiger partial charge on any atom is 0.0655 e. The molecule has 0 saturated heterocycles. The van der Waals surface area contributed by atoms with E-state index in [0.29, 0.717) is 6.42 Å². The molecule has 0 unspecified atom stereocenters. The third-order valence-corrected chi connectivity index (χ3v) is 1.83. The highest BCUT2D eigenvalue weighted by Crippen LogP contribution is 2.08. The summed E-state index contributed by atoms with van der Waals surface area (Å²) in [5.74, 6) is 0. The lowest BCUT2D eigenvalue weighted by atomic mass is 10.1. The summed E-state index contributed by atoms with van der Waals surface area (Å²) in [6, 6.07) is 2.10. The molecule has 2 heteroatoms. The second-order valence-electron chi connectivity index (χ2n) is 3.13. The highest BCUT2D eigenvalue weighted by Gasteiger charge is 1.94. The van der Waals surface area contributed by atoms with Crippen molar-refractivity contribution in [1.29, 1.82) is 0 Å². The van der Waals surface area contributed by atoms with Crippen LogP contribution in [0.25, 0.3) is 6.08 Å². The molecule has 0 bridgehead atoms. The van der Waals surface area contributed by atoms with E-state index in [-0.39, 0.29) is 6.61 Å². The largest absolute Gasteiger partial charge is 0.396 e. The molecule has 1 N–H and O–H groups in total. The molecule has 0 aliphatic rings. The summed E-state index contributed by atoms with van der Waals surface area (Å²) in [6.45, 7) is 4.27. The van der Waals surface area contributed by atoms with Crippen molar-refractivity contribution < 1.29 is 5.11 Å². The van der Waals surface area contributed by atoms with Gasteiger partial charge in [0.2, 0.25) is 0 Å². The predicted octanol–water partition coefficient (Wildman–Crippen LogP) is 2.09. The monoisotopic (exact) mass is 177 g/mol. The molecule has 70 valence electrons. The van der Waals surface area contributed by atoms with Crippen LogP contribution < -0.4 is 0 Å². The van der Waals surface area contributed by atoms with Crippen LogP contribution in [0.1, 0.15) is 23.2 Å². The molecular weight excluding hydrogens is 162 g/mol. The van der Waals surface area contributed by atoms with E-state index >= 15 is 0 Å². The van der Waals surface area contributed by atoms with Crippen molar-refractivity contribution in [3.63, 3.8) is 0 Å². The summed E-state index contributed by atoms with van der Waals surface area (Å²) in [4.78, 5) is 4.28.